The first kappa shape index (κ1) is 18.3. The van der Waals surface area contributed by atoms with Crippen molar-refractivity contribution in [3.8, 4) is 0 Å². The second kappa shape index (κ2) is 8.74. The highest BCUT2D eigenvalue weighted by Gasteiger charge is 2.25. The summed E-state index contributed by atoms with van der Waals surface area (Å²) in [4.78, 5) is 18.8. The van der Waals surface area contributed by atoms with E-state index in [0.29, 0.717) is 12.1 Å². The number of aromatic nitrogens is 1. The molecule has 1 aliphatic carbocycles. The van der Waals surface area contributed by atoms with Crippen molar-refractivity contribution in [2.45, 2.75) is 51.2 Å². The molecular formula is C20H23F2N3O. The summed E-state index contributed by atoms with van der Waals surface area (Å²) in [5.74, 6) is -1.79. The summed E-state index contributed by atoms with van der Waals surface area (Å²) in [6.07, 6.45) is 8.87. The molecule has 2 aromatic rings. The maximum Gasteiger partial charge on any atom is 0.318 e. The summed E-state index contributed by atoms with van der Waals surface area (Å²) in [6.45, 7) is 0.647. The number of urea groups is 1. The smallest absolute Gasteiger partial charge is 0.318 e. The molecule has 138 valence electrons. The summed E-state index contributed by atoms with van der Waals surface area (Å²) in [7, 11) is 0. The van der Waals surface area contributed by atoms with Gasteiger partial charge in [0, 0.05) is 31.5 Å². The van der Waals surface area contributed by atoms with Gasteiger partial charge in [-0.3, -0.25) is 4.98 Å². The molecule has 1 aromatic heterocycles. The van der Waals surface area contributed by atoms with E-state index in [9.17, 15) is 13.6 Å². The Labute approximate surface area is 152 Å². The Morgan fingerprint density at radius 1 is 1.12 bits per heavy atom. The van der Waals surface area contributed by atoms with Crippen LogP contribution in [0.25, 0.3) is 0 Å². The molecule has 0 radical (unpaired) electrons. The number of benzene rings is 1. The van der Waals surface area contributed by atoms with Crippen LogP contribution in [-0.2, 0) is 13.1 Å². The molecule has 2 amide bonds. The number of hydrogen-bond acceptors (Lipinski definition) is 2. The van der Waals surface area contributed by atoms with Gasteiger partial charge in [-0.2, -0.15) is 0 Å². The minimum absolute atomic E-state index is 0.159. The number of rotatable bonds is 5. The van der Waals surface area contributed by atoms with Crippen molar-refractivity contribution < 1.29 is 13.6 Å². The summed E-state index contributed by atoms with van der Waals surface area (Å²) in [5.41, 5.74) is 1.50. The highest BCUT2D eigenvalue weighted by atomic mass is 19.2. The van der Waals surface area contributed by atoms with Crippen LogP contribution in [0.3, 0.4) is 0 Å². The predicted molar refractivity (Wildman–Crippen MR) is 95.2 cm³/mol. The number of hydrogen-bond donors (Lipinski definition) is 1. The minimum Gasteiger partial charge on any atom is -0.334 e. The van der Waals surface area contributed by atoms with Gasteiger partial charge in [0.15, 0.2) is 11.6 Å². The maximum atomic E-state index is 13.3. The fourth-order valence-corrected chi connectivity index (χ4v) is 3.38. The Morgan fingerprint density at radius 2 is 1.92 bits per heavy atom. The van der Waals surface area contributed by atoms with E-state index < -0.39 is 11.6 Å². The summed E-state index contributed by atoms with van der Waals surface area (Å²) >= 11 is 0. The molecule has 0 atom stereocenters. The second-order valence-corrected chi connectivity index (χ2v) is 6.69. The number of pyridine rings is 1. The molecule has 1 aromatic carbocycles. The molecule has 1 fully saturated rings. The van der Waals surface area contributed by atoms with E-state index in [2.05, 4.69) is 10.3 Å². The molecule has 1 aliphatic rings. The van der Waals surface area contributed by atoms with Gasteiger partial charge in [-0.25, -0.2) is 13.6 Å². The standard InChI is InChI=1S/C20H23F2N3O/c21-18-9-8-15(11-19(18)22)13-24-20(26)25(17-6-2-1-3-7-17)14-16-5-4-10-23-12-16/h4-5,8-12,17H,1-3,6-7,13-14H2,(H,24,26). The molecule has 3 rings (SSSR count). The molecule has 0 spiro atoms. The number of carbonyl (C=O) groups is 1. The van der Waals surface area contributed by atoms with E-state index in [1.807, 2.05) is 17.0 Å². The zero-order valence-electron chi connectivity index (χ0n) is 14.6. The Morgan fingerprint density at radius 3 is 2.62 bits per heavy atom. The van der Waals surface area contributed by atoms with Crippen LogP contribution in [0.15, 0.2) is 42.7 Å². The van der Waals surface area contributed by atoms with Crippen molar-refractivity contribution in [1.82, 2.24) is 15.2 Å². The van der Waals surface area contributed by atoms with Crippen LogP contribution >= 0.6 is 0 Å². The third-order valence-electron chi connectivity index (χ3n) is 4.78. The molecule has 26 heavy (non-hydrogen) atoms. The van der Waals surface area contributed by atoms with Crippen molar-refractivity contribution in [2.24, 2.45) is 0 Å². The van der Waals surface area contributed by atoms with E-state index in [1.165, 1.54) is 12.5 Å². The Balaban J connectivity index is 1.68. The highest BCUT2D eigenvalue weighted by Crippen LogP contribution is 2.24. The van der Waals surface area contributed by atoms with Crippen molar-refractivity contribution in [2.75, 3.05) is 0 Å². The lowest BCUT2D eigenvalue weighted by molar-refractivity contribution is 0.150. The number of amides is 2. The SMILES string of the molecule is O=C(NCc1ccc(F)c(F)c1)N(Cc1cccnc1)C1CCCCC1. The van der Waals surface area contributed by atoms with Gasteiger partial charge in [-0.1, -0.05) is 31.4 Å². The van der Waals surface area contributed by atoms with Crippen LogP contribution in [0, 0.1) is 11.6 Å². The molecular weight excluding hydrogens is 336 g/mol. The molecule has 0 unspecified atom stereocenters. The lowest BCUT2D eigenvalue weighted by Gasteiger charge is -2.34. The number of nitrogens with zero attached hydrogens (tertiary/aromatic N) is 2. The third kappa shape index (κ3) is 4.77. The number of carbonyl (C=O) groups excluding carboxylic acids is 1. The van der Waals surface area contributed by atoms with E-state index in [0.717, 1.165) is 43.4 Å². The Bertz CT molecular complexity index is 733. The van der Waals surface area contributed by atoms with Gasteiger partial charge in [0.05, 0.1) is 0 Å². The van der Waals surface area contributed by atoms with E-state index in [1.54, 1.807) is 12.4 Å². The van der Waals surface area contributed by atoms with Gasteiger partial charge in [0.2, 0.25) is 0 Å². The van der Waals surface area contributed by atoms with Crippen LogP contribution in [0.2, 0.25) is 0 Å². The van der Waals surface area contributed by atoms with Crippen LogP contribution in [-0.4, -0.2) is 22.0 Å². The first-order chi connectivity index (χ1) is 12.6. The molecule has 1 N–H and O–H groups in total. The number of halogens is 2. The van der Waals surface area contributed by atoms with Crippen LogP contribution < -0.4 is 5.32 Å². The zero-order chi connectivity index (χ0) is 18.4. The van der Waals surface area contributed by atoms with Crippen molar-refractivity contribution in [1.29, 1.82) is 0 Å². The van der Waals surface area contributed by atoms with E-state index in [4.69, 9.17) is 0 Å². The van der Waals surface area contributed by atoms with Crippen molar-refractivity contribution >= 4 is 6.03 Å². The van der Waals surface area contributed by atoms with Crippen LogP contribution in [0.1, 0.15) is 43.2 Å². The van der Waals surface area contributed by atoms with Gasteiger partial charge < -0.3 is 10.2 Å². The second-order valence-electron chi connectivity index (χ2n) is 6.69. The van der Waals surface area contributed by atoms with Crippen LogP contribution in [0.4, 0.5) is 13.6 Å². The van der Waals surface area contributed by atoms with E-state index in [-0.39, 0.29) is 18.6 Å². The molecule has 6 heteroatoms. The van der Waals surface area contributed by atoms with Gasteiger partial charge in [-0.05, 0) is 42.2 Å². The van der Waals surface area contributed by atoms with Gasteiger partial charge in [-0.15, -0.1) is 0 Å². The molecule has 1 heterocycles. The lowest BCUT2D eigenvalue weighted by Crippen LogP contribution is -2.46. The summed E-state index contributed by atoms with van der Waals surface area (Å²) in [6, 6.07) is 7.47. The minimum atomic E-state index is -0.906. The molecule has 4 nitrogen and oxygen atoms in total. The average molecular weight is 359 g/mol. The third-order valence-corrected chi connectivity index (χ3v) is 4.78. The normalized spacial score (nSPS) is 14.8. The van der Waals surface area contributed by atoms with Gasteiger partial charge in [0.25, 0.3) is 0 Å². The summed E-state index contributed by atoms with van der Waals surface area (Å²) < 4.78 is 26.4. The van der Waals surface area contributed by atoms with Gasteiger partial charge in [0.1, 0.15) is 0 Å². The quantitative estimate of drug-likeness (QED) is 0.860. The summed E-state index contributed by atoms with van der Waals surface area (Å²) in [5, 5.41) is 2.84. The monoisotopic (exact) mass is 359 g/mol. The average Bonchev–Trinajstić information content (AvgIpc) is 2.68. The first-order valence-corrected chi connectivity index (χ1v) is 9.01. The van der Waals surface area contributed by atoms with E-state index >= 15 is 0 Å². The largest absolute Gasteiger partial charge is 0.334 e. The fraction of sp³-hybridized carbons (Fsp3) is 0.400. The Hall–Kier alpha value is -2.50. The molecule has 0 aliphatic heterocycles. The molecule has 1 saturated carbocycles. The van der Waals surface area contributed by atoms with Gasteiger partial charge >= 0.3 is 6.03 Å². The molecule has 0 bridgehead atoms. The predicted octanol–water partition coefficient (Wildman–Crippen LogP) is 4.40. The highest BCUT2D eigenvalue weighted by molar-refractivity contribution is 5.74. The zero-order valence-corrected chi connectivity index (χ0v) is 14.6. The molecule has 0 saturated heterocycles. The first-order valence-electron chi connectivity index (χ1n) is 9.01. The fourth-order valence-electron chi connectivity index (χ4n) is 3.38. The van der Waals surface area contributed by atoms with Crippen molar-refractivity contribution in [3.63, 3.8) is 0 Å². The van der Waals surface area contributed by atoms with Crippen molar-refractivity contribution in [3.05, 3.63) is 65.5 Å². The maximum absolute atomic E-state index is 13.3. The lowest BCUT2D eigenvalue weighted by atomic mass is 9.94. The number of nitrogens with one attached hydrogen (secondary N) is 1. The van der Waals surface area contributed by atoms with Crippen LogP contribution in [0.5, 0.6) is 0 Å². The topological polar surface area (TPSA) is 45.2 Å². The Kier molecular flexibility index (Phi) is 6.15.